The highest BCUT2D eigenvalue weighted by Crippen LogP contribution is 2.16. The summed E-state index contributed by atoms with van der Waals surface area (Å²) >= 11 is 0. The number of H-pyrrole nitrogens is 1. The zero-order chi connectivity index (χ0) is 16.2. The lowest BCUT2D eigenvalue weighted by Crippen LogP contribution is -2.23. The maximum atomic E-state index is 12.0. The zero-order valence-electron chi connectivity index (χ0n) is 13.0. The van der Waals surface area contributed by atoms with E-state index in [1.807, 2.05) is 38.1 Å². The van der Waals surface area contributed by atoms with Crippen LogP contribution in [0.5, 0.6) is 0 Å². The van der Waals surface area contributed by atoms with Gasteiger partial charge in [0.05, 0.1) is 0 Å². The molecule has 0 spiro atoms. The van der Waals surface area contributed by atoms with Crippen molar-refractivity contribution in [2.75, 3.05) is 0 Å². The van der Waals surface area contributed by atoms with Crippen molar-refractivity contribution < 1.29 is 9.21 Å². The number of hydrogen-bond acceptors (Lipinski definition) is 5. The summed E-state index contributed by atoms with van der Waals surface area (Å²) in [5.41, 5.74) is 2.15. The number of nitrogens with one attached hydrogen (secondary N) is 2. The predicted molar refractivity (Wildman–Crippen MR) is 83.6 cm³/mol. The van der Waals surface area contributed by atoms with Crippen LogP contribution in [0.4, 0.5) is 0 Å². The van der Waals surface area contributed by atoms with Crippen LogP contribution in [0, 0.1) is 6.92 Å². The van der Waals surface area contributed by atoms with Gasteiger partial charge in [-0.25, -0.2) is 9.97 Å². The molecule has 118 valence electrons. The van der Waals surface area contributed by atoms with Gasteiger partial charge < -0.3 is 9.73 Å². The average Bonchev–Trinajstić information content (AvgIpc) is 3.21. The van der Waals surface area contributed by atoms with Gasteiger partial charge in [0.1, 0.15) is 12.1 Å². The number of hydrogen-bond donors (Lipinski definition) is 2. The van der Waals surface area contributed by atoms with Crippen molar-refractivity contribution in [2.45, 2.75) is 26.8 Å². The lowest BCUT2D eigenvalue weighted by Gasteiger charge is -2.04. The quantitative estimate of drug-likeness (QED) is 0.753. The smallest absolute Gasteiger partial charge is 0.273 e. The molecule has 0 aliphatic heterocycles. The molecule has 2 aromatic heterocycles. The minimum absolute atomic E-state index is 0.257. The molecule has 3 rings (SSSR count). The fourth-order valence-electron chi connectivity index (χ4n) is 2.14. The van der Waals surface area contributed by atoms with Crippen LogP contribution in [-0.2, 0) is 13.0 Å². The summed E-state index contributed by atoms with van der Waals surface area (Å²) in [5.74, 6) is 1.70. The summed E-state index contributed by atoms with van der Waals surface area (Å²) in [6.07, 6.45) is 2.03. The number of aryl methyl sites for hydroxylation is 2. The molecular formula is C16H17N5O2. The number of rotatable bonds is 5. The molecule has 0 fully saturated rings. The Hall–Kier alpha value is -2.96. The second kappa shape index (κ2) is 6.43. The highest BCUT2D eigenvalue weighted by Gasteiger charge is 2.11. The Balaban J connectivity index is 1.67. The van der Waals surface area contributed by atoms with E-state index in [4.69, 9.17) is 4.42 Å². The van der Waals surface area contributed by atoms with Crippen LogP contribution in [0.3, 0.4) is 0 Å². The van der Waals surface area contributed by atoms with Gasteiger partial charge in [-0.2, -0.15) is 5.10 Å². The Morgan fingerprint density at radius 3 is 2.91 bits per heavy atom. The van der Waals surface area contributed by atoms with E-state index in [2.05, 4.69) is 25.5 Å². The molecule has 3 aromatic rings. The van der Waals surface area contributed by atoms with Crippen LogP contribution < -0.4 is 5.32 Å². The molecule has 0 unspecified atom stereocenters. The number of aromatic amines is 1. The molecule has 1 amide bonds. The van der Waals surface area contributed by atoms with E-state index in [1.54, 1.807) is 0 Å². The molecule has 0 saturated heterocycles. The van der Waals surface area contributed by atoms with E-state index in [0.29, 0.717) is 30.4 Å². The molecular weight excluding hydrogens is 294 g/mol. The van der Waals surface area contributed by atoms with Crippen LogP contribution in [0.2, 0.25) is 0 Å². The first kappa shape index (κ1) is 15.0. The minimum Gasteiger partial charge on any atom is -0.448 e. The number of nitrogens with zero attached hydrogens (tertiary/aromatic N) is 3. The van der Waals surface area contributed by atoms with Crippen LogP contribution in [0.25, 0.3) is 11.4 Å². The first-order chi connectivity index (χ1) is 11.2. The number of carbonyl (C=O) groups excluding carboxylic acids is 1. The van der Waals surface area contributed by atoms with Gasteiger partial charge in [0, 0.05) is 18.5 Å². The van der Waals surface area contributed by atoms with E-state index in [9.17, 15) is 4.79 Å². The Kier molecular flexibility index (Phi) is 4.18. The number of oxazole rings is 1. The van der Waals surface area contributed by atoms with E-state index in [1.165, 1.54) is 6.26 Å². The minimum atomic E-state index is -0.257. The van der Waals surface area contributed by atoms with E-state index in [0.717, 1.165) is 17.0 Å². The van der Waals surface area contributed by atoms with E-state index in [-0.39, 0.29) is 5.91 Å². The molecule has 2 N–H and O–H groups in total. The summed E-state index contributed by atoms with van der Waals surface area (Å²) in [7, 11) is 0. The first-order valence-electron chi connectivity index (χ1n) is 7.36. The van der Waals surface area contributed by atoms with Gasteiger partial charge in [-0.1, -0.05) is 25.1 Å². The van der Waals surface area contributed by atoms with Crippen LogP contribution in [0.1, 0.15) is 34.7 Å². The largest absolute Gasteiger partial charge is 0.448 e. The van der Waals surface area contributed by atoms with Crippen molar-refractivity contribution in [1.29, 1.82) is 0 Å². The summed E-state index contributed by atoms with van der Waals surface area (Å²) in [6, 6.07) is 7.72. The Morgan fingerprint density at radius 2 is 2.22 bits per heavy atom. The Morgan fingerprint density at radius 1 is 1.35 bits per heavy atom. The molecule has 23 heavy (non-hydrogen) atoms. The number of carbonyl (C=O) groups is 1. The van der Waals surface area contributed by atoms with Gasteiger partial charge in [-0.3, -0.25) is 9.89 Å². The molecule has 0 saturated carbocycles. The van der Waals surface area contributed by atoms with Gasteiger partial charge in [-0.15, -0.1) is 0 Å². The highest BCUT2D eigenvalue weighted by molar-refractivity contribution is 5.91. The molecule has 0 aliphatic rings. The number of benzene rings is 1. The molecule has 0 bridgehead atoms. The molecule has 2 heterocycles. The third-order valence-electron chi connectivity index (χ3n) is 3.32. The first-order valence-corrected chi connectivity index (χ1v) is 7.36. The average molecular weight is 311 g/mol. The monoisotopic (exact) mass is 311 g/mol. The molecule has 7 nitrogen and oxygen atoms in total. The molecule has 0 radical (unpaired) electrons. The highest BCUT2D eigenvalue weighted by atomic mass is 16.3. The van der Waals surface area contributed by atoms with Crippen LogP contribution in [0.15, 0.2) is 34.9 Å². The summed E-state index contributed by atoms with van der Waals surface area (Å²) in [6.45, 7) is 4.16. The third kappa shape index (κ3) is 3.45. The number of aromatic nitrogens is 4. The second-order valence-corrected chi connectivity index (χ2v) is 5.11. The second-order valence-electron chi connectivity index (χ2n) is 5.11. The van der Waals surface area contributed by atoms with Crippen molar-refractivity contribution in [3.63, 3.8) is 0 Å². The fraction of sp³-hybridized carbons (Fsp3) is 0.250. The Bertz CT molecular complexity index is 821. The maximum Gasteiger partial charge on any atom is 0.273 e. The van der Waals surface area contributed by atoms with Crippen molar-refractivity contribution in [2.24, 2.45) is 0 Å². The SMILES string of the molecule is CCc1nc(C(=O)NCc2cccc(-c3n[nH]c(C)n3)c2)co1. The summed E-state index contributed by atoms with van der Waals surface area (Å²) in [5, 5.41) is 9.78. The van der Waals surface area contributed by atoms with Gasteiger partial charge in [0.2, 0.25) is 0 Å². The lowest BCUT2D eigenvalue weighted by atomic mass is 10.1. The van der Waals surface area contributed by atoms with Gasteiger partial charge >= 0.3 is 0 Å². The number of amides is 1. The topological polar surface area (TPSA) is 96.7 Å². The lowest BCUT2D eigenvalue weighted by molar-refractivity contribution is 0.0946. The zero-order valence-corrected chi connectivity index (χ0v) is 13.0. The van der Waals surface area contributed by atoms with Crippen molar-refractivity contribution in [3.8, 4) is 11.4 Å². The maximum absolute atomic E-state index is 12.0. The van der Waals surface area contributed by atoms with Crippen molar-refractivity contribution in [3.05, 3.63) is 53.5 Å². The van der Waals surface area contributed by atoms with Crippen molar-refractivity contribution >= 4 is 5.91 Å². The van der Waals surface area contributed by atoms with E-state index >= 15 is 0 Å². The van der Waals surface area contributed by atoms with E-state index < -0.39 is 0 Å². The van der Waals surface area contributed by atoms with Crippen LogP contribution >= 0.6 is 0 Å². The molecule has 1 aromatic carbocycles. The molecule has 7 heteroatoms. The normalized spacial score (nSPS) is 10.7. The third-order valence-corrected chi connectivity index (χ3v) is 3.32. The van der Waals surface area contributed by atoms with Gasteiger partial charge in [-0.05, 0) is 18.6 Å². The van der Waals surface area contributed by atoms with Gasteiger partial charge in [0.15, 0.2) is 17.4 Å². The van der Waals surface area contributed by atoms with Crippen LogP contribution in [-0.4, -0.2) is 26.1 Å². The van der Waals surface area contributed by atoms with Crippen molar-refractivity contribution in [1.82, 2.24) is 25.5 Å². The summed E-state index contributed by atoms with van der Waals surface area (Å²) in [4.78, 5) is 20.4. The fourth-order valence-corrected chi connectivity index (χ4v) is 2.14. The molecule has 0 atom stereocenters. The molecule has 0 aliphatic carbocycles. The predicted octanol–water partition coefficient (Wildman–Crippen LogP) is 2.26. The summed E-state index contributed by atoms with van der Waals surface area (Å²) < 4.78 is 5.17. The van der Waals surface area contributed by atoms with Gasteiger partial charge in [0.25, 0.3) is 5.91 Å². The standard InChI is InChI=1S/C16H17N5O2/c1-3-14-19-13(9-23-14)16(22)17-8-11-5-4-6-12(7-11)15-18-10(2)20-21-15/h4-7,9H,3,8H2,1-2H3,(H,17,22)(H,18,20,21). The Labute approximate surface area is 133 Å².